The van der Waals surface area contributed by atoms with Crippen molar-refractivity contribution in [2.75, 3.05) is 0 Å². The van der Waals surface area contributed by atoms with Crippen LogP contribution in [0.3, 0.4) is 0 Å². The average molecular weight is 667 g/mol. The molecule has 5 heteroatoms. The van der Waals surface area contributed by atoms with E-state index in [1.165, 1.54) is 154 Å². The van der Waals surface area contributed by atoms with Crippen LogP contribution in [0.4, 0.5) is 0 Å². The SMILES string of the molecule is CCCCCCCCCCC=CO[Si](CCC(C)S)(OC=CCCCCCCCCCC)OC=CCCCCCCCCCC. The zero-order valence-electron chi connectivity index (χ0n) is 30.7. The molecule has 0 aliphatic heterocycles. The highest BCUT2D eigenvalue weighted by molar-refractivity contribution is 7.80. The van der Waals surface area contributed by atoms with Crippen LogP contribution in [0.2, 0.25) is 6.04 Å². The molecule has 0 saturated heterocycles. The summed E-state index contributed by atoms with van der Waals surface area (Å²) in [6.45, 7) is 8.98. The van der Waals surface area contributed by atoms with Gasteiger partial charge in [0.15, 0.2) is 0 Å². The monoisotopic (exact) mass is 667 g/mol. The fourth-order valence-electron chi connectivity index (χ4n) is 5.49. The molecule has 0 saturated carbocycles. The molecule has 45 heavy (non-hydrogen) atoms. The lowest BCUT2D eigenvalue weighted by Gasteiger charge is -2.26. The Kier molecular flexibility index (Phi) is 35.4. The molecule has 1 atom stereocenters. The Morgan fingerprint density at radius 3 is 0.978 bits per heavy atom. The Labute approximate surface area is 289 Å². The Hall–Kier alpha value is -0.813. The van der Waals surface area contributed by atoms with E-state index in [9.17, 15) is 0 Å². The molecule has 266 valence electrons. The van der Waals surface area contributed by atoms with Crippen LogP contribution < -0.4 is 0 Å². The van der Waals surface area contributed by atoms with Gasteiger partial charge in [-0.05, 0) is 50.2 Å². The lowest BCUT2D eigenvalue weighted by atomic mass is 10.1. The quantitative estimate of drug-likeness (QED) is 0.0312. The van der Waals surface area contributed by atoms with E-state index in [-0.39, 0.29) is 5.25 Å². The highest BCUT2D eigenvalue weighted by Gasteiger charge is 2.46. The van der Waals surface area contributed by atoms with Crippen LogP contribution in [0.15, 0.2) is 37.0 Å². The predicted molar refractivity (Wildman–Crippen MR) is 206 cm³/mol. The molecule has 0 aliphatic carbocycles. The second kappa shape index (κ2) is 36.0. The molecule has 1 unspecified atom stereocenters. The fourth-order valence-corrected chi connectivity index (χ4v) is 8.08. The zero-order valence-corrected chi connectivity index (χ0v) is 32.6. The maximum atomic E-state index is 6.41. The van der Waals surface area contributed by atoms with E-state index in [0.29, 0.717) is 0 Å². The maximum absolute atomic E-state index is 6.41. The van der Waals surface area contributed by atoms with E-state index in [2.05, 4.69) is 58.6 Å². The second-order valence-electron chi connectivity index (χ2n) is 13.3. The Bertz CT molecular complexity index is 585. The van der Waals surface area contributed by atoms with Crippen molar-refractivity contribution >= 4 is 21.4 Å². The summed E-state index contributed by atoms with van der Waals surface area (Å²) in [5.74, 6) is 0. The van der Waals surface area contributed by atoms with Crippen molar-refractivity contribution in [2.24, 2.45) is 0 Å². The predicted octanol–water partition coefficient (Wildman–Crippen LogP) is 14.8. The minimum atomic E-state index is -2.95. The molecule has 0 bridgehead atoms. The van der Waals surface area contributed by atoms with E-state index in [4.69, 9.17) is 13.3 Å². The molecule has 0 aromatic rings. The summed E-state index contributed by atoms with van der Waals surface area (Å²) in [4.78, 5) is 0. The Balaban J connectivity index is 4.86. The van der Waals surface area contributed by atoms with E-state index in [1.54, 1.807) is 0 Å². The van der Waals surface area contributed by atoms with E-state index in [1.807, 2.05) is 18.8 Å². The van der Waals surface area contributed by atoms with Crippen molar-refractivity contribution in [1.82, 2.24) is 0 Å². The summed E-state index contributed by atoms with van der Waals surface area (Å²) in [5.41, 5.74) is 0. The van der Waals surface area contributed by atoms with Crippen molar-refractivity contribution in [3.63, 3.8) is 0 Å². The summed E-state index contributed by atoms with van der Waals surface area (Å²) in [6, 6.07) is 0.754. The van der Waals surface area contributed by atoms with Crippen LogP contribution in [0, 0.1) is 0 Å². The number of allylic oxidation sites excluding steroid dienone is 3. The zero-order chi connectivity index (χ0) is 32.9. The summed E-state index contributed by atoms with van der Waals surface area (Å²) < 4.78 is 19.2. The van der Waals surface area contributed by atoms with Gasteiger partial charge in [0.1, 0.15) is 0 Å². The molecule has 0 aromatic heterocycles. The molecule has 0 aromatic carbocycles. The summed E-state index contributed by atoms with van der Waals surface area (Å²) in [5, 5.41) is 0.275. The molecule has 0 radical (unpaired) electrons. The van der Waals surface area contributed by atoms with Gasteiger partial charge in [-0.1, -0.05) is 181 Å². The van der Waals surface area contributed by atoms with Crippen molar-refractivity contribution in [3.05, 3.63) is 37.0 Å². The van der Waals surface area contributed by atoms with Crippen molar-refractivity contribution in [1.29, 1.82) is 0 Å². The number of hydrogen-bond donors (Lipinski definition) is 1. The van der Waals surface area contributed by atoms with Crippen LogP contribution in [-0.2, 0) is 13.3 Å². The van der Waals surface area contributed by atoms with Gasteiger partial charge in [-0.2, -0.15) is 12.6 Å². The maximum Gasteiger partial charge on any atom is 0.698 e. The largest absolute Gasteiger partial charge is 0.698 e. The number of unbranched alkanes of at least 4 members (excludes halogenated alkanes) is 24. The molecule has 0 spiro atoms. The van der Waals surface area contributed by atoms with Gasteiger partial charge in [0.25, 0.3) is 0 Å². The second-order valence-corrected chi connectivity index (χ2v) is 16.8. The molecular weight excluding hydrogens is 589 g/mol. The summed E-state index contributed by atoms with van der Waals surface area (Å²) in [6.07, 6.45) is 48.3. The minimum Gasteiger partial charge on any atom is -0.490 e. The van der Waals surface area contributed by atoms with Crippen molar-refractivity contribution in [3.8, 4) is 0 Å². The van der Waals surface area contributed by atoms with Crippen molar-refractivity contribution < 1.29 is 13.3 Å². The Morgan fingerprint density at radius 1 is 0.444 bits per heavy atom. The summed E-state index contributed by atoms with van der Waals surface area (Å²) >= 11 is 4.66. The number of thiol groups is 1. The van der Waals surface area contributed by atoms with E-state index in [0.717, 1.165) is 31.7 Å². The third kappa shape index (κ3) is 32.9. The summed E-state index contributed by atoms with van der Waals surface area (Å²) in [7, 11) is -2.95. The molecule has 0 amide bonds. The van der Waals surface area contributed by atoms with Gasteiger partial charge in [-0.3, -0.25) is 0 Å². The highest BCUT2D eigenvalue weighted by atomic mass is 32.1. The molecular formula is C40H78O3SSi. The Morgan fingerprint density at radius 2 is 0.711 bits per heavy atom. The molecule has 3 nitrogen and oxygen atoms in total. The first-order chi connectivity index (χ1) is 22.1. The fraction of sp³-hybridized carbons (Fsp3) is 0.850. The van der Waals surface area contributed by atoms with Gasteiger partial charge in [0, 0.05) is 0 Å². The normalized spacial score (nSPS) is 14.1. The standard InChI is InChI=1S/C40H78O3SSi/c1-5-8-11-14-17-20-23-26-29-32-36-41-45(39-35-40(4)44,42-37-33-30-27-24-21-18-15-12-9-6-2)43-38-34-31-28-25-22-19-16-13-10-7-3/h32-34,36-38,40,44H,5-31,35,39H2,1-4H3. The third-order valence-electron chi connectivity index (χ3n) is 8.57. The van der Waals surface area contributed by atoms with Gasteiger partial charge in [-0.15, -0.1) is 0 Å². The third-order valence-corrected chi connectivity index (χ3v) is 11.2. The van der Waals surface area contributed by atoms with E-state index < -0.39 is 8.80 Å². The molecule has 0 rings (SSSR count). The minimum absolute atomic E-state index is 0.275. The first-order valence-corrected chi connectivity index (χ1v) is 22.2. The molecule has 0 heterocycles. The topological polar surface area (TPSA) is 27.7 Å². The van der Waals surface area contributed by atoms with Gasteiger partial charge >= 0.3 is 8.80 Å². The first-order valence-electron chi connectivity index (χ1n) is 19.8. The van der Waals surface area contributed by atoms with Crippen LogP contribution >= 0.6 is 12.6 Å². The number of hydrogen-bond acceptors (Lipinski definition) is 4. The van der Waals surface area contributed by atoms with E-state index >= 15 is 0 Å². The van der Waals surface area contributed by atoms with Gasteiger partial charge in [-0.25, -0.2) is 0 Å². The average Bonchev–Trinajstić information content (AvgIpc) is 3.04. The van der Waals surface area contributed by atoms with Crippen LogP contribution in [0.5, 0.6) is 0 Å². The van der Waals surface area contributed by atoms with Gasteiger partial charge in [0.05, 0.1) is 24.8 Å². The molecule has 0 N–H and O–H groups in total. The lowest BCUT2D eigenvalue weighted by Crippen LogP contribution is -2.42. The van der Waals surface area contributed by atoms with Crippen LogP contribution in [0.1, 0.15) is 207 Å². The molecule has 0 aliphatic rings. The van der Waals surface area contributed by atoms with Gasteiger partial charge in [0.2, 0.25) is 0 Å². The van der Waals surface area contributed by atoms with Crippen LogP contribution in [-0.4, -0.2) is 14.1 Å². The van der Waals surface area contributed by atoms with Crippen LogP contribution in [0.25, 0.3) is 0 Å². The van der Waals surface area contributed by atoms with Gasteiger partial charge < -0.3 is 13.3 Å². The highest BCUT2D eigenvalue weighted by Crippen LogP contribution is 2.23. The first kappa shape index (κ1) is 44.2. The van der Waals surface area contributed by atoms with Crippen molar-refractivity contribution in [2.45, 2.75) is 219 Å². The molecule has 0 fully saturated rings. The smallest absolute Gasteiger partial charge is 0.490 e. The lowest BCUT2D eigenvalue weighted by molar-refractivity contribution is 0.178. The number of rotatable bonds is 36.